The normalized spacial score (nSPS) is 12.2. The van der Waals surface area contributed by atoms with Gasteiger partial charge in [-0.05, 0) is 42.3 Å². The minimum absolute atomic E-state index is 0.152. The Morgan fingerprint density at radius 1 is 1.10 bits per heavy atom. The third-order valence-electron chi connectivity index (χ3n) is 4.40. The second kappa shape index (κ2) is 8.84. The molecule has 4 aromatic rings. The molecule has 5 nitrogen and oxygen atoms in total. The van der Waals surface area contributed by atoms with Crippen molar-refractivity contribution in [3.63, 3.8) is 0 Å². The highest BCUT2D eigenvalue weighted by Gasteiger charge is 2.11. The monoisotopic (exact) mass is 403 g/mol. The molecular formula is C23H21N3O2S. The highest BCUT2D eigenvalue weighted by atomic mass is 32.1. The number of thiazole rings is 1. The van der Waals surface area contributed by atoms with Crippen LogP contribution in [0.1, 0.15) is 25.3 Å². The Bertz CT molecular complexity index is 1230. The lowest BCUT2D eigenvalue weighted by molar-refractivity contribution is 0.309. The molecule has 0 saturated heterocycles. The standard InChI is InChI=1S/C23H21N3O2S/c1-2-3-16-28-19-14-12-18(13-15-19)21-24-23-26(25-21)22(27)20(29-23)11-7-10-17-8-5-4-6-9-17/h4-15H,2-3,16H2,1H3/b10-7+,20-11-. The molecule has 0 atom stereocenters. The molecule has 0 saturated carbocycles. The van der Waals surface area contributed by atoms with Gasteiger partial charge in [0, 0.05) is 5.56 Å². The van der Waals surface area contributed by atoms with E-state index in [2.05, 4.69) is 17.0 Å². The van der Waals surface area contributed by atoms with Gasteiger partial charge >= 0.3 is 0 Å². The van der Waals surface area contributed by atoms with Crippen molar-refractivity contribution in [1.29, 1.82) is 0 Å². The molecule has 2 heterocycles. The Hall–Kier alpha value is -3.25. The van der Waals surface area contributed by atoms with E-state index in [1.54, 1.807) is 6.08 Å². The van der Waals surface area contributed by atoms with Gasteiger partial charge in [-0.3, -0.25) is 4.79 Å². The van der Waals surface area contributed by atoms with Gasteiger partial charge in [0.15, 0.2) is 5.82 Å². The second-order valence-electron chi connectivity index (χ2n) is 6.56. The van der Waals surface area contributed by atoms with Crippen molar-refractivity contribution in [2.75, 3.05) is 6.61 Å². The molecule has 0 spiro atoms. The van der Waals surface area contributed by atoms with Crippen LogP contribution in [0.3, 0.4) is 0 Å². The van der Waals surface area contributed by atoms with E-state index in [0.717, 1.165) is 29.7 Å². The number of hydrogen-bond acceptors (Lipinski definition) is 5. The quantitative estimate of drug-likeness (QED) is 0.434. The SMILES string of the molecule is CCCCOc1ccc(-c2nc3s/c(=C\C=C\c4ccccc4)c(=O)n3n2)cc1. The van der Waals surface area contributed by atoms with Gasteiger partial charge in [-0.2, -0.15) is 9.50 Å². The molecule has 0 radical (unpaired) electrons. The number of hydrogen-bond donors (Lipinski definition) is 0. The summed E-state index contributed by atoms with van der Waals surface area (Å²) in [6.45, 7) is 2.85. The van der Waals surface area contributed by atoms with Crippen molar-refractivity contribution >= 4 is 28.4 Å². The summed E-state index contributed by atoms with van der Waals surface area (Å²) >= 11 is 1.34. The summed E-state index contributed by atoms with van der Waals surface area (Å²) in [5, 5.41) is 4.39. The van der Waals surface area contributed by atoms with Crippen molar-refractivity contribution in [1.82, 2.24) is 14.6 Å². The van der Waals surface area contributed by atoms with Gasteiger partial charge in [-0.1, -0.05) is 67.2 Å². The maximum absolute atomic E-state index is 12.6. The molecule has 29 heavy (non-hydrogen) atoms. The smallest absolute Gasteiger partial charge is 0.291 e. The number of rotatable bonds is 7. The molecule has 0 bridgehead atoms. The van der Waals surface area contributed by atoms with Crippen molar-refractivity contribution in [3.05, 3.63) is 81.1 Å². The zero-order valence-electron chi connectivity index (χ0n) is 16.1. The number of allylic oxidation sites excluding steroid dienone is 1. The van der Waals surface area contributed by atoms with Crippen LogP contribution in [-0.2, 0) is 0 Å². The molecule has 0 aliphatic heterocycles. The highest BCUT2D eigenvalue weighted by molar-refractivity contribution is 7.15. The van der Waals surface area contributed by atoms with Gasteiger partial charge in [-0.25, -0.2) is 0 Å². The number of benzene rings is 2. The lowest BCUT2D eigenvalue weighted by Gasteiger charge is -2.05. The first kappa shape index (κ1) is 19.1. The third kappa shape index (κ3) is 4.43. The van der Waals surface area contributed by atoms with Crippen molar-refractivity contribution < 1.29 is 4.74 Å². The van der Waals surface area contributed by atoms with E-state index in [1.807, 2.05) is 66.7 Å². The second-order valence-corrected chi connectivity index (χ2v) is 7.57. The van der Waals surface area contributed by atoms with Crippen molar-refractivity contribution in [2.24, 2.45) is 0 Å². The molecule has 4 rings (SSSR count). The van der Waals surface area contributed by atoms with Crippen LogP contribution in [0.25, 0.3) is 28.5 Å². The van der Waals surface area contributed by atoms with E-state index in [-0.39, 0.29) is 5.56 Å². The molecule has 6 heteroatoms. The fraction of sp³-hybridized carbons (Fsp3) is 0.174. The minimum Gasteiger partial charge on any atom is -0.494 e. The Morgan fingerprint density at radius 2 is 1.90 bits per heavy atom. The minimum atomic E-state index is -0.152. The average Bonchev–Trinajstić information content (AvgIpc) is 3.29. The van der Waals surface area contributed by atoms with Crippen LogP contribution in [0.5, 0.6) is 5.75 Å². The van der Waals surface area contributed by atoms with Crippen LogP contribution in [0.15, 0.2) is 65.5 Å². The molecule has 0 fully saturated rings. The van der Waals surface area contributed by atoms with Gasteiger partial charge in [-0.15, -0.1) is 5.10 Å². The largest absolute Gasteiger partial charge is 0.494 e. The summed E-state index contributed by atoms with van der Waals surface area (Å²) in [7, 11) is 0. The number of ether oxygens (including phenoxy) is 1. The summed E-state index contributed by atoms with van der Waals surface area (Å²) in [6, 6.07) is 17.6. The fourth-order valence-electron chi connectivity index (χ4n) is 2.82. The van der Waals surface area contributed by atoms with Crippen LogP contribution in [-0.4, -0.2) is 21.2 Å². The first-order chi connectivity index (χ1) is 14.2. The summed E-state index contributed by atoms with van der Waals surface area (Å²) in [5.74, 6) is 1.37. The van der Waals surface area contributed by atoms with Gasteiger partial charge in [0.1, 0.15) is 5.75 Å². The molecule has 2 aromatic heterocycles. The highest BCUT2D eigenvalue weighted by Crippen LogP contribution is 2.20. The van der Waals surface area contributed by atoms with Crippen molar-refractivity contribution in [3.8, 4) is 17.1 Å². The lowest BCUT2D eigenvalue weighted by Crippen LogP contribution is -2.23. The van der Waals surface area contributed by atoms with Gasteiger partial charge in [0.05, 0.1) is 11.1 Å². The molecule has 146 valence electrons. The van der Waals surface area contributed by atoms with E-state index in [1.165, 1.54) is 15.9 Å². The van der Waals surface area contributed by atoms with E-state index < -0.39 is 0 Å². The molecule has 0 aliphatic carbocycles. The molecule has 0 N–H and O–H groups in total. The maximum Gasteiger partial charge on any atom is 0.291 e. The van der Waals surface area contributed by atoms with Crippen LogP contribution in [0.4, 0.5) is 0 Å². The van der Waals surface area contributed by atoms with E-state index in [0.29, 0.717) is 21.9 Å². The summed E-state index contributed by atoms with van der Waals surface area (Å²) < 4.78 is 7.66. The van der Waals surface area contributed by atoms with Crippen LogP contribution < -0.4 is 14.8 Å². The average molecular weight is 404 g/mol. The number of nitrogens with zero attached hydrogens (tertiary/aromatic N) is 3. The van der Waals surface area contributed by atoms with Gasteiger partial charge in [0.2, 0.25) is 4.96 Å². The van der Waals surface area contributed by atoms with Crippen molar-refractivity contribution in [2.45, 2.75) is 19.8 Å². The topological polar surface area (TPSA) is 56.5 Å². The third-order valence-corrected chi connectivity index (χ3v) is 5.37. The predicted molar refractivity (Wildman–Crippen MR) is 118 cm³/mol. The lowest BCUT2D eigenvalue weighted by atomic mass is 10.2. The van der Waals surface area contributed by atoms with E-state index in [9.17, 15) is 4.79 Å². The van der Waals surface area contributed by atoms with Crippen LogP contribution in [0, 0.1) is 0 Å². The Balaban J connectivity index is 1.54. The summed E-state index contributed by atoms with van der Waals surface area (Å²) in [6.07, 6.45) is 7.78. The van der Waals surface area contributed by atoms with Gasteiger partial charge in [0.25, 0.3) is 5.56 Å². The fourth-order valence-corrected chi connectivity index (χ4v) is 3.67. The van der Waals surface area contributed by atoms with Gasteiger partial charge < -0.3 is 4.74 Å². The molecular weight excluding hydrogens is 382 g/mol. The first-order valence-electron chi connectivity index (χ1n) is 9.61. The van der Waals surface area contributed by atoms with Crippen LogP contribution in [0.2, 0.25) is 0 Å². The zero-order valence-corrected chi connectivity index (χ0v) is 16.9. The summed E-state index contributed by atoms with van der Waals surface area (Å²) in [5.41, 5.74) is 1.79. The number of unbranched alkanes of at least 4 members (excludes halogenated alkanes) is 1. The molecule has 0 unspecified atom stereocenters. The predicted octanol–water partition coefficient (Wildman–Crippen LogP) is 4.21. The first-order valence-corrected chi connectivity index (χ1v) is 10.4. The summed E-state index contributed by atoms with van der Waals surface area (Å²) in [4.78, 5) is 17.7. The zero-order chi connectivity index (χ0) is 20.1. The molecule has 0 aliphatic rings. The van der Waals surface area contributed by atoms with Crippen LogP contribution >= 0.6 is 11.3 Å². The Morgan fingerprint density at radius 3 is 2.62 bits per heavy atom. The Kier molecular flexibility index (Phi) is 5.81. The van der Waals surface area contributed by atoms with E-state index >= 15 is 0 Å². The van der Waals surface area contributed by atoms with E-state index in [4.69, 9.17) is 4.74 Å². The molecule has 2 aromatic carbocycles. The number of fused-ring (bicyclic) bond motifs is 1. The Labute approximate surface area is 172 Å². The maximum atomic E-state index is 12.6. The molecule has 0 amide bonds. The number of aromatic nitrogens is 3.